The largest absolute Gasteiger partial charge is 0.392 e. The Hall–Kier alpha value is -2.05. The highest BCUT2D eigenvalue weighted by Gasteiger charge is 2.48. The van der Waals surface area contributed by atoms with Gasteiger partial charge in [-0.25, -0.2) is 9.28 Å². The highest BCUT2D eigenvalue weighted by molar-refractivity contribution is 6.03. The van der Waals surface area contributed by atoms with E-state index >= 15 is 0 Å². The van der Waals surface area contributed by atoms with Gasteiger partial charge in [0.1, 0.15) is 5.69 Å². The summed E-state index contributed by atoms with van der Waals surface area (Å²) in [5, 5.41) is 13.9. The van der Waals surface area contributed by atoms with Gasteiger partial charge in [0.05, 0.1) is 30.7 Å². The van der Waals surface area contributed by atoms with Crippen LogP contribution >= 0.6 is 0 Å². The number of amides is 2. The molecule has 36 heavy (non-hydrogen) atoms. The second-order valence-electron chi connectivity index (χ2n) is 11.0. The number of fused-ring (bicyclic) bond motifs is 1. The van der Waals surface area contributed by atoms with Gasteiger partial charge < -0.3 is 10.4 Å². The van der Waals surface area contributed by atoms with Crippen molar-refractivity contribution in [3.05, 3.63) is 29.8 Å². The predicted octanol–water partition coefficient (Wildman–Crippen LogP) is 5.60. The van der Waals surface area contributed by atoms with Gasteiger partial charge >= 0.3 is 5.91 Å². The highest BCUT2D eigenvalue weighted by Crippen LogP contribution is 2.37. The minimum atomic E-state index is -0.948. The number of nitrogens with one attached hydrogen (secondary N) is 1. The van der Waals surface area contributed by atoms with E-state index in [1.165, 1.54) is 0 Å². The van der Waals surface area contributed by atoms with Crippen molar-refractivity contribution in [3.63, 3.8) is 0 Å². The average Bonchev–Trinajstić information content (AvgIpc) is 3.73. The number of aliphatic hydroxyl groups excluding tert-OH is 1. The average molecular weight is 499 g/mol. The Bertz CT molecular complexity index is 893. The summed E-state index contributed by atoms with van der Waals surface area (Å²) < 4.78 is 0.215. The molecule has 0 radical (unpaired) electrons. The van der Waals surface area contributed by atoms with Gasteiger partial charge in [-0.3, -0.25) is 9.79 Å². The van der Waals surface area contributed by atoms with Gasteiger partial charge in [0.15, 0.2) is 0 Å². The van der Waals surface area contributed by atoms with E-state index in [0.29, 0.717) is 37.8 Å². The van der Waals surface area contributed by atoms with E-state index < -0.39 is 18.2 Å². The van der Waals surface area contributed by atoms with Crippen molar-refractivity contribution >= 4 is 23.7 Å². The number of quaternary nitrogens is 1. The number of rotatable bonds is 15. The van der Waals surface area contributed by atoms with Crippen LogP contribution in [0.5, 0.6) is 0 Å². The number of carbonyl (C=O) groups excluding carboxylic acids is 2. The number of benzene rings is 1. The molecule has 6 heteroatoms. The fourth-order valence-electron chi connectivity index (χ4n) is 5.59. The van der Waals surface area contributed by atoms with E-state index in [1.54, 1.807) is 6.21 Å². The third kappa shape index (κ3) is 6.83. The van der Waals surface area contributed by atoms with Crippen molar-refractivity contribution in [2.45, 2.75) is 104 Å². The standard InChI is InChI=1S/C30H47N3O3/c1-5-9-15-27(34)25(19-23-16-17-23)29(35)32-28-30(36)33(18-10-6-2,21-22(7-3)8-4)26-14-12-11-13-24(26)20-31-28/h11-14,20,22-23,25,27-28,34H,5-10,15-19,21H2,1-4H3/p+1/t25-,27+,28+,33+/m1/s1. The quantitative estimate of drug-likeness (QED) is 0.309. The van der Waals surface area contributed by atoms with Crippen molar-refractivity contribution in [1.29, 1.82) is 0 Å². The lowest BCUT2D eigenvalue weighted by atomic mass is 9.91. The Morgan fingerprint density at radius 3 is 2.44 bits per heavy atom. The first-order valence-corrected chi connectivity index (χ1v) is 14.4. The van der Waals surface area contributed by atoms with Crippen molar-refractivity contribution < 1.29 is 14.7 Å². The number of para-hydroxylation sites is 1. The Kier molecular flexibility index (Phi) is 10.7. The molecule has 200 valence electrons. The van der Waals surface area contributed by atoms with Gasteiger partial charge in [0, 0.05) is 18.2 Å². The van der Waals surface area contributed by atoms with Crippen LogP contribution in [0.15, 0.2) is 29.3 Å². The Morgan fingerprint density at radius 1 is 1.11 bits per heavy atom. The number of hydrogen-bond donors (Lipinski definition) is 2. The maximum Gasteiger partial charge on any atom is 0.363 e. The van der Waals surface area contributed by atoms with Gasteiger partial charge in [-0.1, -0.05) is 71.9 Å². The fraction of sp³-hybridized carbons (Fsp3) is 0.700. The zero-order chi connectivity index (χ0) is 26.1. The van der Waals surface area contributed by atoms with Gasteiger partial charge in [-0.15, -0.1) is 0 Å². The molecule has 1 aromatic carbocycles. The molecule has 4 atom stereocenters. The molecule has 2 N–H and O–H groups in total. The van der Waals surface area contributed by atoms with Gasteiger partial charge in [0.25, 0.3) is 0 Å². The minimum Gasteiger partial charge on any atom is -0.392 e. The third-order valence-electron chi connectivity index (χ3n) is 8.25. The third-order valence-corrected chi connectivity index (χ3v) is 8.25. The molecular formula is C30H48N3O3+. The Labute approximate surface area is 218 Å². The molecule has 0 saturated heterocycles. The van der Waals surface area contributed by atoms with Crippen LogP contribution in [0.4, 0.5) is 5.69 Å². The summed E-state index contributed by atoms with van der Waals surface area (Å²) in [6, 6.07) is 8.06. The van der Waals surface area contributed by atoms with Crippen LogP contribution in [-0.4, -0.2) is 48.5 Å². The first-order valence-electron chi connectivity index (χ1n) is 14.4. The zero-order valence-electron chi connectivity index (χ0n) is 22.9. The normalized spacial score (nSPS) is 23.3. The molecule has 1 heterocycles. The van der Waals surface area contributed by atoms with Crippen molar-refractivity contribution in [2.75, 3.05) is 13.1 Å². The number of hydrogen-bond acceptors (Lipinski definition) is 4. The molecule has 0 aromatic heterocycles. The Morgan fingerprint density at radius 2 is 1.81 bits per heavy atom. The number of nitrogens with zero attached hydrogens (tertiary/aromatic N) is 2. The van der Waals surface area contributed by atoms with Crippen LogP contribution in [0.1, 0.15) is 97.5 Å². The summed E-state index contributed by atoms with van der Waals surface area (Å²) in [6.45, 7) is 10.0. The second-order valence-corrected chi connectivity index (χ2v) is 11.0. The van der Waals surface area contributed by atoms with Gasteiger partial charge in [0.2, 0.25) is 12.1 Å². The van der Waals surface area contributed by atoms with Crippen LogP contribution in [0, 0.1) is 17.8 Å². The maximum atomic E-state index is 14.4. The molecule has 1 saturated carbocycles. The molecule has 1 aliphatic carbocycles. The molecule has 0 bridgehead atoms. The van der Waals surface area contributed by atoms with Crippen molar-refractivity contribution in [2.24, 2.45) is 22.7 Å². The maximum absolute atomic E-state index is 14.4. The fourth-order valence-corrected chi connectivity index (χ4v) is 5.59. The van der Waals surface area contributed by atoms with E-state index in [-0.39, 0.29) is 16.3 Å². The lowest BCUT2D eigenvalue weighted by molar-refractivity contribution is -0.138. The zero-order valence-corrected chi connectivity index (χ0v) is 22.9. The highest BCUT2D eigenvalue weighted by atomic mass is 16.3. The van der Waals surface area contributed by atoms with Crippen molar-refractivity contribution in [1.82, 2.24) is 9.80 Å². The molecule has 2 amide bonds. The number of aliphatic hydroxyl groups is 1. The van der Waals surface area contributed by atoms with E-state index in [9.17, 15) is 14.7 Å². The van der Waals surface area contributed by atoms with Crippen LogP contribution in [0.2, 0.25) is 0 Å². The van der Waals surface area contributed by atoms with E-state index in [4.69, 9.17) is 0 Å². The molecule has 3 rings (SSSR count). The number of unbranched alkanes of at least 4 members (excludes halogenated alkanes) is 2. The van der Waals surface area contributed by atoms with E-state index in [0.717, 1.165) is 62.6 Å². The van der Waals surface area contributed by atoms with Gasteiger partial charge in [-0.2, -0.15) is 0 Å². The molecule has 2 aliphatic rings. The number of aliphatic imine (C=N–C) groups is 1. The molecule has 6 nitrogen and oxygen atoms in total. The van der Waals surface area contributed by atoms with Crippen molar-refractivity contribution in [3.8, 4) is 0 Å². The smallest absolute Gasteiger partial charge is 0.363 e. The Balaban J connectivity index is 1.94. The van der Waals surface area contributed by atoms with E-state index in [2.05, 4.69) is 44.1 Å². The monoisotopic (exact) mass is 498 g/mol. The molecule has 1 fully saturated rings. The molecule has 1 aromatic rings. The molecular weight excluding hydrogens is 450 g/mol. The minimum absolute atomic E-state index is 0.0573. The number of carbonyl (C=O) groups is 2. The summed E-state index contributed by atoms with van der Waals surface area (Å²) in [5.41, 5.74) is 1.93. The second kappa shape index (κ2) is 13.5. The lowest BCUT2D eigenvalue weighted by Crippen LogP contribution is -2.63. The number of benzodiazepines with no additional fused rings is 1. The topological polar surface area (TPSA) is 78.8 Å². The summed E-state index contributed by atoms with van der Waals surface area (Å²) in [4.78, 5) is 32.6. The van der Waals surface area contributed by atoms with Crippen LogP contribution in [-0.2, 0) is 9.59 Å². The van der Waals surface area contributed by atoms with Gasteiger partial charge in [-0.05, 0) is 44.1 Å². The van der Waals surface area contributed by atoms with Crippen LogP contribution in [0.3, 0.4) is 0 Å². The summed E-state index contributed by atoms with van der Waals surface area (Å²) in [5.74, 6) is 0.117. The molecule has 1 aliphatic heterocycles. The molecule has 0 unspecified atom stereocenters. The summed E-state index contributed by atoms with van der Waals surface area (Å²) in [6.07, 6.45) is 9.44. The first kappa shape index (κ1) is 28.5. The molecule has 0 spiro atoms. The SMILES string of the molecule is CCCC[C@H](O)[C@@H](CC1CC1)C(=O)N[C@@H]1N=Cc2ccccc2[N@+](CCCC)(CC(CC)CC)C1=O. The first-order chi connectivity index (χ1) is 17.4. The predicted molar refractivity (Wildman–Crippen MR) is 148 cm³/mol. The van der Waals surface area contributed by atoms with Crippen LogP contribution in [0.25, 0.3) is 0 Å². The van der Waals surface area contributed by atoms with E-state index in [1.807, 2.05) is 18.2 Å². The lowest BCUT2D eigenvalue weighted by Gasteiger charge is -2.39. The summed E-state index contributed by atoms with van der Waals surface area (Å²) in [7, 11) is 0. The van der Waals surface area contributed by atoms with Crippen LogP contribution < -0.4 is 9.80 Å². The summed E-state index contributed by atoms with van der Waals surface area (Å²) >= 11 is 0.